The first-order valence-corrected chi connectivity index (χ1v) is 2.13. The Balaban J connectivity index is 3.46. The third-order valence-electron chi connectivity index (χ3n) is 0.488. The van der Waals surface area contributed by atoms with E-state index in [9.17, 15) is 5.21 Å². The van der Waals surface area contributed by atoms with Gasteiger partial charge in [0.25, 0.3) is 0 Å². The van der Waals surface area contributed by atoms with E-state index in [0.717, 1.165) is 4.74 Å². The Morgan fingerprint density at radius 3 is 2.29 bits per heavy atom. The van der Waals surface area contributed by atoms with Crippen molar-refractivity contribution in [1.82, 2.24) is 0 Å². The lowest BCUT2D eigenvalue weighted by atomic mass is 10.6. The minimum Gasteiger partial charge on any atom is -0.624 e. The van der Waals surface area contributed by atoms with Gasteiger partial charge in [-0.1, -0.05) is 6.08 Å². The predicted octanol–water partition coefficient (Wildman–Crippen LogP) is 0.773. The molecule has 0 aliphatic carbocycles. The average Bonchev–Trinajstić information content (AvgIpc) is 1.61. The van der Waals surface area contributed by atoms with Gasteiger partial charge in [-0.2, -0.15) is 0 Å². The Bertz CT molecular complexity index is 90.3. The lowest BCUT2D eigenvalue weighted by molar-refractivity contribution is -0.416. The average molecular weight is 99.1 g/mol. The van der Waals surface area contributed by atoms with Gasteiger partial charge in [0.05, 0.1) is 0 Å². The third kappa shape index (κ3) is 5.21. The van der Waals surface area contributed by atoms with Gasteiger partial charge in [-0.15, -0.1) is 0 Å². The maximum atomic E-state index is 10.0. The minimum absolute atomic E-state index is 0.750. The molecule has 0 amide bonds. The molecule has 0 atom stereocenters. The van der Waals surface area contributed by atoms with Gasteiger partial charge in [0, 0.05) is 0 Å². The highest BCUT2D eigenvalue weighted by Gasteiger charge is 1.65. The molecule has 0 unspecified atom stereocenters. The topological polar surface area (TPSA) is 26.1 Å². The number of hydrogen-bond donors (Lipinski definition) is 0. The summed E-state index contributed by atoms with van der Waals surface area (Å²) in [5.41, 5.74) is 0. The van der Waals surface area contributed by atoms with Crippen molar-refractivity contribution in [3.05, 3.63) is 17.4 Å². The Kier molecular flexibility index (Phi) is 3.02. The molecule has 0 spiro atoms. The van der Waals surface area contributed by atoms with Crippen molar-refractivity contribution in [2.75, 3.05) is 7.05 Å². The molecule has 0 bridgehead atoms. The molecule has 7 heavy (non-hydrogen) atoms. The van der Waals surface area contributed by atoms with Crippen molar-refractivity contribution in [1.29, 1.82) is 0 Å². The van der Waals surface area contributed by atoms with E-state index in [1.54, 1.807) is 12.2 Å². The van der Waals surface area contributed by atoms with Crippen LogP contribution in [0.1, 0.15) is 6.92 Å². The highest BCUT2D eigenvalue weighted by atomic mass is 16.5. The lowest BCUT2D eigenvalue weighted by Gasteiger charge is -1.87. The van der Waals surface area contributed by atoms with Gasteiger partial charge < -0.3 is 5.21 Å². The van der Waals surface area contributed by atoms with Crippen molar-refractivity contribution < 1.29 is 4.74 Å². The molecule has 2 heteroatoms. The number of hydroxylamine groups is 1. The summed E-state index contributed by atoms with van der Waals surface area (Å²) in [5.74, 6) is 0. The van der Waals surface area contributed by atoms with Gasteiger partial charge >= 0.3 is 0 Å². The first-order chi connectivity index (χ1) is 3.27. The largest absolute Gasteiger partial charge is 0.624 e. The molecule has 0 saturated heterocycles. The second-order valence-corrected chi connectivity index (χ2v) is 1.22. The molecule has 0 fully saturated rings. The molecular weight excluding hydrogens is 90.1 g/mol. The smallest absolute Gasteiger partial charge is 0.173 e. The van der Waals surface area contributed by atoms with E-state index >= 15 is 0 Å². The van der Waals surface area contributed by atoms with Crippen LogP contribution in [0.2, 0.25) is 0 Å². The van der Waals surface area contributed by atoms with Gasteiger partial charge in [-0.25, -0.2) is 4.74 Å². The fourth-order valence-electron chi connectivity index (χ4n) is 0.207. The number of nitrogens with zero attached hydrogens (tertiary/aromatic N) is 1. The zero-order valence-corrected chi connectivity index (χ0v) is 4.59. The summed E-state index contributed by atoms with van der Waals surface area (Å²) in [6, 6.07) is 0. The first-order valence-electron chi connectivity index (χ1n) is 2.13. The number of hydrogen-bond acceptors (Lipinski definition) is 1. The van der Waals surface area contributed by atoms with Crippen LogP contribution in [0.4, 0.5) is 0 Å². The maximum Gasteiger partial charge on any atom is 0.173 e. The van der Waals surface area contributed by atoms with Crippen molar-refractivity contribution >= 4 is 6.21 Å². The van der Waals surface area contributed by atoms with Crippen LogP contribution in [0.25, 0.3) is 0 Å². The van der Waals surface area contributed by atoms with E-state index in [-0.39, 0.29) is 0 Å². The summed E-state index contributed by atoms with van der Waals surface area (Å²) in [7, 11) is 1.44. The monoisotopic (exact) mass is 99.1 g/mol. The van der Waals surface area contributed by atoms with Crippen molar-refractivity contribution in [2.45, 2.75) is 6.92 Å². The van der Waals surface area contributed by atoms with Crippen LogP contribution in [0, 0.1) is 5.21 Å². The molecule has 0 aromatic heterocycles. The minimum atomic E-state index is 0.750. The molecule has 40 valence electrons. The lowest BCUT2D eigenvalue weighted by Crippen LogP contribution is -1.91. The predicted molar refractivity (Wildman–Crippen MR) is 30.4 cm³/mol. The van der Waals surface area contributed by atoms with Crippen LogP contribution in [-0.2, 0) is 0 Å². The number of allylic oxidation sites excluding steroid dienone is 2. The molecule has 0 aliphatic heterocycles. The van der Waals surface area contributed by atoms with Gasteiger partial charge in [-0.05, 0) is 13.0 Å². The van der Waals surface area contributed by atoms with Crippen LogP contribution in [0.3, 0.4) is 0 Å². The quantitative estimate of drug-likeness (QED) is 0.206. The maximum absolute atomic E-state index is 10.0. The van der Waals surface area contributed by atoms with Crippen molar-refractivity contribution in [3.8, 4) is 0 Å². The normalized spacial score (nSPS) is 13.1. The summed E-state index contributed by atoms with van der Waals surface area (Å²) >= 11 is 0. The standard InChI is InChI=1S/C5H9NO/c1-3-4-5-6(2)7/h3-5H,1-2H3. The van der Waals surface area contributed by atoms with E-state index < -0.39 is 0 Å². The summed E-state index contributed by atoms with van der Waals surface area (Å²) in [4.78, 5) is 0. The van der Waals surface area contributed by atoms with E-state index in [2.05, 4.69) is 0 Å². The molecule has 0 rings (SSSR count). The Morgan fingerprint density at radius 2 is 2.14 bits per heavy atom. The Labute approximate surface area is 43.4 Å². The van der Waals surface area contributed by atoms with E-state index in [1.807, 2.05) is 6.92 Å². The van der Waals surface area contributed by atoms with Gasteiger partial charge in [0.2, 0.25) is 0 Å². The van der Waals surface area contributed by atoms with Crippen LogP contribution in [0.5, 0.6) is 0 Å². The first kappa shape index (κ1) is 6.21. The van der Waals surface area contributed by atoms with Crippen molar-refractivity contribution in [2.24, 2.45) is 0 Å². The summed E-state index contributed by atoms with van der Waals surface area (Å²) in [6.45, 7) is 1.86. The van der Waals surface area contributed by atoms with E-state index in [4.69, 9.17) is 0 Å². The van der Waals surface area contributed by atoms with E-state index in [1.165, 1.54) is 13.3 Å². The van der Waals surface area contributed by atoms with Crippen LogP contribution in [0.15, 0.2) is 12.2 Å². The fourth-order valence-corrected chi connectivity index (χ4v) is 0.207. The Hall–Kier alpha value is -0.790. The highest BCUT2D eigenvalue weighted by molar-refractivity contribution is 5.65. The fraction of sp³-hybridized carbons (Fsp3) is 0.400. The molecule has 0 aliphatic rings. The van der Waals surface area contributed by atoms with Gasteiger partial charge in [0.15, 0.2) is 6.21 Å². The van der Waals surface area contributed by atoms with Crippen LogP contribution < -0.4 is 0 Å². The molecule has 0 saturated carbocycles. The number of rotatable bonds is 1. The highest BCUT2D eigenvalue weighted by Crippen LogP contribution is 1.61. The molecule has 2 nitrogen and oxygen atoms in total. The Morgan fingerprint density at radius 1 is 1.57 bits per heavy atom. The van der Waals surface area contributed by atoms with Gasteiger partial charge in [0.1, 0.15) is 7.05 Å². The molecule has 0 aromatic rings. The zero-order valence-electron chi connectivity index (χ0n) is 4.59. The summed E-state index contributed by atoms with van der Waals surface area (Å²) in [6.07, 6.45) is 4.93. The second kappa shape index (κ2) is 3.40. The van der Waals surface area contributed by atoms with E-state index in [0.29, 0.717) is 0 Å². The zero-order chi connectivity index (χ0) is 5.70. The second-order valence-electron chi connectivity index (χ2n) is 1.22. The molecule has 0 aromatic carbocycles. The molecular formula is C5H9NO. The molecule has 0 N–H and O–H groups in total. The van der Waals surface area contributed by atoms with Gasteiger partial charge in [-0.3, -0.25) is 0 Å². The molecule has 0 radical (unpaired) electrons. The summed E-state index contributed by atoms with van der Waals surface area (Å²) < 4.78 is 0.750. The van der Waals surface area contributed by atoms with Crippen LogP contribution >= 0.6 is 0 Å². The summed E-state index contributed by atoms with van der Waals surface area (Å²) in [5, 5.41) is 10.0. The SMILES string of the molecule is CC=CC=[N+](C)[O-]. The molecule has 0 heterocycles. The van der Waals surface area contributed by atoms with Crippen LogP contribution in [-0.4, -0.2) is 18.0 Å². The van der Waals surface area contributed by atoms with Crippen molar-refractivity contribution in [3.63, 3.8) is 0 Å². The third-order valence-corrected chi connectivity index (χ3v) is 0.488.